The number of amides is 2. The fourth-order valence-corrected chi connectivity index (χ4v) is 6.76. The summed E-state index contributed by atoms with van der Waals surface area (Å²) in [6, 6.07) is 15.2. The second-order valence-corrected chi connectivity index (χ2v) is 13.5. The number of pyridine rings is 1. The van der Waals surface area contributed by atoms with Gasteiger partial charge in [-0.1, -0.05) is 30.3 Å². The van der Waals surface area contributed by atoms with Gasteiger partial charge in [0.25, 0.3) is 17.7 Å². The molecule has 4 aromatic rings. The summed E-state index contributed by atoms with van der Waals surface area (Å²) in [6.07, 6.45) is 3.66. The Kier molecular flexibility index (Phi) is 11.2. The highest BCUT2D eigenvalue weighted by atomic mass is 32.1. The van der Waals surface area contributed by atoms with E-state index in [4.69, 9.17) is 0 Å². The third-order valence-electron chi connectivity index (χ3n) is 8.44. The van der Waals surface area contributed by atoms with Gasteiger partial charge in [-0.3, -0.25) is 14.6 Å². The Bertz CT molecular complexity index is 1710. The van der Waals surface area contributed by atoms with Crippen LogP contribution in [0.5, 0.6) is 0 Å². The molecule has 0 radical (unpaired) electrons. The fourth-order valence-electron chi connectivity index (χ4n) is 5.82. The minimum atomic E-state index is -3.02. The number of anilines is 1. The van der Waals surface area contributed by atoms with E-state index in [-0.39, 0.29) is 30.6 Å². The van der Waals surface area contributed by atoms with Crippen molar-refractivity contribution in [3.8, 4) is 0 Å². The number of rotatable bonds is 13. The standard InChI is InChI=1S/C36H42F2N6O3S/c1-23-22-48-34(41-23)31-11-8-12-44(31)35(47)27-15-26(16-29(17-27)43(3)4)33(46)42-30(14-24-9-6-5-7-10-24)32(45)21-40-19-25-13-28(20-39-18-25)36(2,37)38/h5-7,9-10,13,15-18,20,22,30-32,40,45H,8,11-12,14,19,21H2,1-4H3,(H,42,46)/t30-,31+,32+/m0/s1. The summed E-state index contributed by atoms with van der Waals surface area (Å²) >= 11 is 1.56. The fraction of sp³-hybridized carbons (Fsp3) is 0.389. The van der Waals surface area contributed by atoms with Crippen LogP contribution in [0, 0.1) is 6.92 Å². The minimum Gasteiger partial charge on any atom is -0.390 e. The molecule has 48 heavy (non-hydrogen) atoms. The highest BCUT2D eigenvalue weighted by molar-refractivity contribution is 7.09. The number of aryl methyl sites for hydroxylation is 1. The smallest absolute Gasteiger partial charge is 0.272 e. The van der Waals surface area contributed by atoms with Gasteiger partial charge in [-0.05, 0) is 61.6 Å². The van der Waals surface area contributed by atoms with Gasteiger partial charge in [0.2, 0.25) is 0 Å². The zero-order valence-corrected chi connectivity index (χ0v) is 28.4. The number of aliphatic hydroxyl groups excluding tert-OH is 1. The van der Waals surface area contributed by atoms with Crippen molar-refractivity contribution in [1.29, 1.82) is 0 Å². The molecular weight excluding hydrogens is 634 g/mol. The number of hydrogen-bond acceptors (Lipinski definition) is 8. The van der Waals surface area contributed by atoms with Crippen LogP contribution in [-0.2, 0) is 18.9 Å². The predicted molar refractivity (Wildman–Crippen MR) is 184 cm³/mol. The first-order chi connectivity index (χ1) is 22.9. The van der Waals surface area contributed by atoms with E-state index in [9.17, 15) is 23.5 Å². The van der Waals surface area contributed by atoms with E-state index in [2.05, 4.69) is 20.6 Å². The first-order valence-corrected chi connectivity index (χ1v) is 16.9. The number of halogens is 2. The Hall–Kier alpha value is -4.26. The summed E-state index contributed by atoms with van der Waals surface area (Å²) in [5.74, 6) is -3.60. The van der Waals surface area contributed by atoms with Gasteiger partial charge < -0.3 is 25.5 Å². The zero-order valence-electron chi connectivity index (χ0n) is 27.6. The molecule has 254 valence electrons. The van der Waals surface area contributed by atoms with Crippen LogP contribution in [0.4, 0.5) is 14.5 Å². The van der Waals surface area contributed by atoms with E-state index in [0.29, 0.717) is 35.3 Å². The maximum absolute atomic E-state index is 13.9. The molecule has 1 saturated heterocycles. The quantitative estimate of drug-likeness (QED) is 0.172. The number of likely N-dealkylation sites (tertiary alicyclic amines) is 1. The Morgan fingerprint density at radius 2 is 1.85 bits per heavy atom. The molecular formula is C36H42F2N6O3S. The molecule has 0 aliphatic carbocycles. The second-order valence-electron chi connectivity index (χ2n) is 12.6. The number of aliphatic hydroxyl groups is 1. The van der Waals surface area contributed by atoms with E-state index in [1.807, 2.05) is 66.5 Å². The molecule has 2 aromatic heterocycles. The van der Waals surface area contributed by atoms with Crippen LogP contribution in [0.3, 0.4) is 0 Å². The van der Waals surface area contributed by atoms with Gasteiger partial charge >= 0.3 is 0 Å². The van der Waals surface area contributed by atoms with Crippen molar-refractivity contribution in [3.05, 3.63) is 111 Å². The highest BCUT2D eigenvalue weighted by Crippen LogP contribution is 2.35. The van der Waals surface area contributed by atoms with Crippen LogP contribution >= 0.6 is 11.3 Å². The van der Waals surface area contributed by atoms with E-state index in [0.717, 1.165) is 42.2 Å². The molecule has 1 aliphatic heterocycles. The lowest BCUT2D eigenvalue weighted by Gasteiger charge is -2.26. The van der Waals surface area contributed by atoms with Crippen molar-refractivity contribution in [2.24, 2.45) is 0 Å². The molecule has 0 saturated carbocycles. The number of nitrogens with zero attached hydrogens (tertiary/aromatic N) is 4. The lowest BCUT2D eigenvalue weighted by Crippen LogP contribution is -2.48. The normalized spacial score (nSPS) is 16.1. The number of carbonyl (C=O) groups excluding carboxylic acids is 2. The van der Waals surface area contributed by atoms with Crippen LogP contribution in [0.25, 0.3) is 0 Å². The molecule has 0 spiro atoms. The summed E-state index contributed by atoms with van der Waals surface area (Å²) < 4.78 is 27.6. The number of hydrogen-bond donors (Lipinski definition) is 3. The average molecular weight is 677 g/mol. The molecule has 12 heteroatoms. The number of thiazole rings is 1. The van der Waals surface area contributed by atoms with Crippen LogP contribution in [0.15, 0.2) is 72.4 Å². The Labute approximate surface area is 284 Å². The molecule has 0 bridgehead atoms. The molecule has 3 heterocycles. The monoisotopic (exact) mass is 676 g/mol. The summed E-state index contributed by atoms with van der Waals surface area (Å²) in [4.78, 5) is 40.0. The number of alkyl halides is 2. The van der Waals surface area contributed by atoms with Crippen molar-refractivity contribution in [3.63, 3.8) is 0 Å². The maximum Gasteiger partial charge on any atom is 0.272 e. The number of benzene rings is 2. The topological polar surface area (TPSA) is 111 Å². The molecule has 2 aromatic carbocycles. The van der Waals surface area contributed by atoms with Crippen molar-refractivity contribution in [2.45, 2.75) is 63.8 Å². The number of carbonyl (C=O) groups is 2. The van der Waals surface area contributed by atoms with Gasteiger partial charge in [0, 0.05) is 86.5 Å². The lowest BCUT2D eigenvalue weighted by molar-refractivity contribution is 0.0170. The first kappa shape index (κ1) is 35.1. The number of nitrogens with one attached hydrogen (secondary N) is 2. The molecule has 1 aliphatic rings. The van der Waals surface area contributed by atoms with E-state index >= 15 is 0 Å². The zero-order chi connectivity index (χ0) is 34.4. The molecule has 3 atom stereocenters. The molecule has 9 nitrogen and oxygen atoms in total. The largest absolute Gasteiger partial charge is 0.390 e. The third-order valence-corrected chi connectivity index (χ3v) is 9.51. The van der Waals surface area contributed by atoms with Crippen molar-refractivity contribution in [1.82, 2.24) is 25.5 Å². The van der Waals surface area contributed by atoms with Crippen LogP contribution in [-0.4, -0.2) is 71.1 Å². The Morgan fingerprint density at radius 3 is 2.54 bits per heavy atom. The maximum atomic E-state index is 13.9. The summed E-state index contributed by atoms with van der Waals surface area (Å²) in [5.41, 5.74) is 3.61. The summed E-state index contributed by atoms with van der Waals surface area (Å²) in [7, 11) is 3.70. The lowest BCUT2D eigenvalue weighted by atomic mass is 9.99. The van der Waals surface area contributed by atoms with Gasteiger partial charge in [-0.2, -0.15) is 0 Å². The number of aromatic nitrogens is 2. The molecule has 5 rings (SSSR count). The van der Waals surface area contributed by atoms with E-state index in [1.165, 1.54) is 12.3 Å². The highest BCUT2D eigenvalue weighted by Gasteiger charge is 2.33. The average Bonchev–Trinajstić information content (AvgIpc) is 3.73. The van der Waals surface area contributed by atoms with E-state index < -0.39 is 24.0 Å². The summed E-state index contributed by atoms with van der Waals surface area (Å²) in [6.45, 7) is 3.65. The predicted octanol–water partition coefficient (Wildman–Crippen LogP) is 5.49. The van der Waals surface area contributed by atoms with Crippen LogP contribution in [0.1, 0.15) is 73.9 Å². The molecule has 3 N–H and O–H groups in total. The van der Waals surface area contributed by atoms with Gasteiger partial charge in [0.1, 0.15) is 5.01 Å². The van der Waals surface area contributed by atoms with Crippen LogP contribution < -0.4 is 15.5 Å². The van der Waals surface area contributed by atoms with Crippen molar-refractivity contribution >= 4 is 28.8 Å². The Balaban J connectivity index is 1.34. The minimum absolute atomic E-state index is 0.0819. The molecule has 0 unspecified atom stereocenters. The Morgan fingerprint density at radius 1 is 1.10 bits per heavy atom. The van der Waals surface area contributed by atoms with Gasteiger partial charge in [0.15, 0.2) is 0 Å². The van der Waals surface area contributed by atoms with Gasteiger partial charge in [-0.15, -0.1) is 11.3 Å². The van der Waals surface area contributed by atoms with Crippen molar-refractivity contribution < 1.29 is 23.5 Å². The third kappa shape index (κ3) is 8.80. The van der Waals surface area contributed by atoms with Crippen molar-refractivity contribution in [2.75, 3.05) is 32.1 Å². The van der Waals surface area contributed by atoms with Crippen LogP contribution in [0.2, 0.25) is 0 Å². The van der Waals surface area contributed by atoms with E-state index in [1.54, 1.807) is 29.5 Å². The molecule has 2 amide bonds. The second kappa shape index (κ2) is 15.3. The summed E-state index contributed by atoms with van der Waals surface area (Å²) in [5, 5.41) is 20.3. The SMILES string of the molecule is Cc1csc([C@H]2CCCN2C(=O)c2cc(C(=O)N[C@@H](Cc3ccccc3)[C@H](O)CNCc3cncc(C(C)(F)F)c3)cc(N(C)C)c2)n1. The first-order valence-electron chi connectivity index (χ1n) is 16.0. The van der Waals surface area contributed by atoms with Gasteiger partial charge in [-0.25, -0.2) is 13.8 Å². The van der Waals surface area contributed by atoms with Gasteiger partial charge in [0.05, 0.1) is 18.2 Å². The molecule has 1 fully saturated rings.